The van der Waals surface area contributed by atoms with E-state index in [0.717, 1.165) is 22.1 Å². The van der Waals surface area contributed by atoms with Gasteiger partial charge in [-0.3, -0.25) is 4.79 Å². The smallest absolute Gasteiger partial charge is 0.289 e. The van der Waals surface area contributed by atoms with Crippen LogP contribution in [0.2, 0.25) is 0 Å². The lowest BCUT2D eigenvalue weighted by atomic mass is 10.1. The fourth-order valence-electron chi connectivity index (χ4n) is 2.85. The van der Waals surface area contributed by atoms with Crippen molar-refractivity contribution in [2.24, 2.45) is 0 Å². The highest BCUT2D eigenvalue weighted by atomic mass is 19.1. The molecule has 1 unspecified atom stereocenters. The summed E-state index contributed by atoms with van der Waals surface area (Å²) >= 11 is 0. The molecule has 2 aromatic rings. The molecule has 2 heterocycles. The third-order valence-electron chi connectivity index (χ3n) is 4.08. The van der Waals surface area contributed by atoms with Crippen LogP contribution in [-0.2, 0) is 0 Å². The maximum absolute atomic E-state index is 12.8. The molecule has 1 aromatic heterocycles. The van der Waals surface area contributed by atoms with E-state index in [9.17, 15) is 9.18 Å². The highest BCUT2D eigenvalue weighted by Crippen LogP contribution is 2.28. The van der Waals surface area contributed by atoms with Gasteiger partial charge in [-0.2, -0.15) is 0 Å². The zero-order chi connectivity index (χ0) is 15.0. The molecule has 3 rings (SSSR count). The highest BCUT2D eigenvalue weighted by molar-refractivity contribution is 5.99. The second-order valence-corrected chi connectivity index (χ2v) is 5.56. The zero-order valence-electron chi connectivity index (χ0n) is 12.3. The number of halogens is 1. The van der Waals surface area contributed by atoms with Gasteiger partial charge < -0.3 is 14.6 Å². The molecular formula is C16H19FN2O2. The van der Waals surface area contributed by atoms with E-state index in [1.54, 1.807) is 4.90 Å². The van der Waals surface area contributed by atoms with Gasteiger partial charge >= 0.3 is 0 Å². The van der Waals surface area contributed by atoms with Crippen LogP contribution in [0.25, 0.3) is 11.0 Å². The summed E-state index contributed by atoms with van der Waals surface area (Å²) < 4.78 is 18.6. The van der Waals surface area contributed by atoms with E-state index in [0.29, 0.717) is 25.4 Å². The number of aryl methyl sites for hydroxylation is 2. The van der Waals surface area contributed by atoms with Gasteiger partial charge in [0.15, 0.2) is 5.76 Å². The van der Waals surface area contributed by atoms with Crippen LogP contribution in [0.5, 0.6) is 0 Å². The first-order valence-electron chi connectivity index (χ1n) is 7.19. The largest absolute Gasteiger partial charge is 0.450 e. The van der Waals surface area contributed by atoms with Crippen LogP contribution in [-0.4, -0.2) is 43.2 Å². The number of amides is 1. The molecule has 0 aliphatic carbocycles. The number of rotatable bonds is 2. The van der Waals surface area contributed by atoms with Gasteiger partial charge in [-0.1, -0.05) is 18.2 Å². The molecule has 112 valence electrons. The molecule has 1 N–H and O–H groups in total. The van der Waals surface area contributed by atoms with E-state index in [1.165, 1.54) is 0 Å². The van der Waals surface area contributed by atoms with Gasteiger partial charge in [0, 0.05) is 30.6 Å². The van der Waals surface area contributed by atoms with Crippen molar-refractivity contribution in [3.8, 4) is 0 Å². The lowest BCUT2D eigenvalue weighted by molar-refractivity contribution is 0.0662. The number of para-hydroxylation sites is 1. The number of carbonyl (C=O) groups excluding carboxylic acids is 1. The molecule has 4 nitrogen and oxygen atoms in total. The van der Waals surface area contributed by atoms with Crippen LogP contribution < -0.4 is 5.32 Å². The number of hydrogen-bond acceptors (Lipinski definition) is 3. The Balaban J connectivity index is 1.94. The first kappa shape index (κ1) is 14.1. The Morgan fingerprint density at radius 3 is 3.00 bits per heavy atom. The Bertz CT molecular complexity index is 680. The molecular weight excluding hydrogens is 271 g/mol. The number of furan rings is 1. The lowest BCUT2D eigenvalue weighted by Crippen LogP contribution is -2.53. The topological polar surface area (TPSA) is 45.5 Å². The maximum atomic E-state index is 12.8. The van der Waals surface area contributed by atoms with Crippen molar-refractivity contribution in [2.45, 2.75) is 19.9 Å². The highest BCUT2D eigenvalue weighted by Gasteiger charge is 2.28. The number of piperazine rings is 1. The van der Waals surface area contributed by atoms with Crippen LogP contribution in [0.15, 0.2) is 22.6 Å². The first-order valence-corrected chi connectivity index (χ1v) is 7.19. The Kier molecular flexibility index (Phi) is 3.68. The summed E-state index contributed by atoms with van der Waals surface area (Å²) in [6, 6.07) is 5.59. The predicted molar refractivity (Wildman–Crippen MR) is 79.4 cm³/mol. The van der Waals surface area contributed by atoms with E-state index >= 15 is 0 Å². The quantitative estimate of drug-likeness (QED) is 0.924. The van der Waals surface area contributed by atoms with Crippen LogP contribution in [0.3, 0.4) is 0 Å². The summed E-state index contributed by atoms with van der Waals surface area (Å²) in [5, 5.41) is 4.02. The molecule has 1 aromatic carbocycles. The molecule has 0 radical (unpaired) electrons. The monoisotopic (exact) mass is 290 g/mol. The van der Waals surface area contributed by atoms with E-state index in [4.69, 9.17) is 4.42 Å². The molecule has 0 bridgehead atoms. The number of nitrogens with one attached hydrogen (secondary N) is 1. The Morgan fingerprint density at radius 1 is 1.48 bits per heavy atom. The summed E-state index contributed by atoms with van der Waals surface area (Å²) in [6.45, 7) is 4.95. The minimum absolute atomic E-state index is 0.150. The maximum Gasteiger partial charge on any atom is 0.289 e. The van der Waals surface area contributed by atoms with E-state index in [1.807, 2.05) is 32.0 Å². The number of fused-ring (bicyclic) bond motifs is 1. The summed E-state index contributed by atoms with van der Waals surface area (Å²) in [7, 11) is 0. The minimum atomic E-state index is -0.470. The lowest BCUT2D eigenvalue weighted by Gasteiger charge is -2.31. The summed E-state index contributed by atoms with van der Waals surface area (Å²) in [5.74, 6) is 0.224. The normalized spacial score (nSPS) is 19.2. The average Bonchev–Trinajstić information content (AvgIpc) is 2.85. The molecule has 0 saturated carbocycles. The molecule has 0 spiro atoms. The third-order valence-corrected chi connectivity index (χ3v) is 4.08. The number of alkyl halides is 1. The van der Waals surface area contributed by atoms with Gasteiger partial charge in [0.25, 0.3) is 5.91 Å². The molecule has 1 amide bonds. The number of nitrogens with zero attached hydrogens (tertiary/aromatic N) is 1. The molecule has 1 aliphatic rings. The second kappa shape index (κ2) is 5.48. The molecule has 1 saturated heterocycles. The molecule has 1 atom stereocenters. The summed E-state index contributed by atoms with van der Waals surface area (Å²) in [6.07, 6.45) is 0. The van der Waals surface area contributed by atoms with Crippen LogP contribution >= 0.6 is 0 Å². The van der Waals surface area contributed by atoms with Crippen molar-refractivity contribution in [3.63, 3.8) is 0 Å². The summed E-state index contributed by atoms with van der Waals surface area (Å²) in [5.41, 5.74) is 2.63. The van der Waals surface area contributed by atoms with Crippen molar-refractivity contribution in [1.82, 2.24) is 10.2 Å². The molecule has 21 heavy (non-hydrogen) atoms. The van der Waals surface area contributed by atoms with E-state index in [2.05, 4.69) is 5.32 Å². The van der Waals surface area contributed by atoms with Crippen molar-refractivity contribution in [3.05, 3.63) is 35.1 Å². The number of hydrogen-bond donors (Lipinski definition) is 1. The van der Waals surface area contributed by atoms with Gasteiger partial charge in [0.1, 0.15) is 12.3 Å². The van der Waals surface area contributed by atoms with Crippen LogP contribution in [0.1, 0.15) is 21.7 Å². The van der Waals surface area contributed by atoms with Gasteiger partial charge in [0.05, 0.1) is 6.04 Å². The SMILES string of the molecule is Cc1c(C(=O)N2CCNC(CF)C2)oc2c(C)cccc12. The molecule has 1 aliphatic heterocycles. The minimum Gasteiger partial charge on any atom is -0.450 e. The second-order valence-electron chi connectivity index (χ2n) is 5.56. The van der Waals surface area contributed by atoms with Crippen molar-refractivity contribution < 1.29 is 13.6 Å². The van der Waals surface area contributed by atoms with Crippen molar-refractivity contribution in [2.75, 3.05) is 26.3 Å². The first-order chi connectivity index (χ1) is 10.1. The van der Waals surface area contributed by atoms with Crippen LogP contribution in [0.4, 0.5) is 4.39 Å². The van der Waals surface area contributed by atoms with Gasteiger partial charge in [0.2, 0.25) is 0 Å². The average molecular weight is 290 g/mol. The van der Waals surface area contributed by atoms with Crippen LogP contribution in [0, 0.1) is 13.8 Å². The van der Waals surface area contributed by atoms with Crippen molar-refractivity contribution in [1.29, 1.82) is 0 Å². The standard InChI is InChI=1S/C16H19FN2O2/c1-10-4-3-5-13-11(2)15(21-14(10)13)16(20)19-7-6-18-12(8-17)9-19/h3-5,12,18H,6-9H2,1-2H3. The summed E-state index contributed by atoms with van der Waals surface area (Å²) in [4.78, 5) is 14.3. The Hall–Kier alpha value is -1.88. The van der Waals surface area contributed by atoms with E-state index < -0.39 is 6.67 Å². The van der Waals surface area contributed by atoms with Gasteiger partial charge in [-0.25, -0.2) is 4.39 Å². The Morgan fingerprint density at radius 2 is 2.29 bits per heavy atom. The Labute approximate surface area is 122 Å². The fraction of sp³-hybridized carbons (Fsp3) is 0.438. The van der Waals surface area contributed by atoms with Gasteiger partial charge in [-0.15, -0.1) is 0 Å². The predicted octanol–water partition coefficient (Wildman–Crippen LogP) is 2.43. The zero-order valence-corrected chi connectivity index (χ0v) is 12.3. The number of carbonyl (C=O) groups is 1. The van der Waals surface area contributed by atoms with E-state index in [-0.39, 0.29) is 11.9 Å². The fourth-order valence-corrected chi connectivity index (χ4v) is 2.85. The molecule has 5 heteroatoms. The van der Waals surface area contributed by atoms with Gasteiger partial charge in [-0.05, 0) is 19.4 Å². The molecule has 1 fully saturated rings. The number of benzene rings is 1. The van der Waals surface area contributed by atoms with Crippen molar-refractivity contribution >= 4 is 16.9 Å². The third kappa shape index (κ3) is 2.42.